The van der Waals surface area contributed by atoms with Crippen molar-refractivity contribution < 1.29 is 0 Å². The summed E-state index contributed by atoms with van der Waals surface area (Å²) < 4.78 is 1.05. The molecule has 0 aromatic carbocycles. The molecule has 80 valence electrons. The Hall–Kier alpha value is -0.610. The Morgan fingerprint density at radius 1 is 1.27 bits per heavy atom. The molecule has 15 heavy (non-hydrogen) atoms. The molecule has 2 aliphatic heterocycles. The zero-order valence-electron chi connectivity index (χ0n) is 8.49. The number of anilines is 1. The Balaban J connectivity index is 1.76. The fourth-order valence-corrected chi connectivity index (χ4v) is 2.83. The van der Waals surface area contributed by atoms with Gasteiger partial charge in [0.05, 0.1) is 0 Å². The van der Waals surface area contributed by atoms with Crippen LogP contribution in [0.5, 0.6) is 0 Å². The summed E-state index contributed by atoms with van der Waals surface area (Å²) in [7, 11) is 0. The topological polar surface area (TPSA) is 28.2 Å². The molecule has 4 heteroatoms. The molecule has 0 bridgehead atoms. The lowest BCUT2D eigenvalue weighted by Gasteiger charge is -2.18. The van der Waals surface area contributed by atoms with Gasteiger partial charge in [0.2, 0.25) is 0 Å². The van der Waals surface area contributed by atoms with Gasteiger partial charge in [-0.25, -0.2) is 4.98 Å². The van der Waals surface area contributed by atoms with Gasteiger partial charge in [0.25, 0.3) is 0 Å². The number of pyridine rings is 1. The second-order valence-corrected chi connectivity index (χ2v) is 5.33. The summed E-state index contributed by atoms with van der Waals surface area (Å²) >= 11 is 3.41. The van der Waals surface area contributed by atoms with Gasteiger partial charge in [0.1, 0.15) is 5.82 Å². The molecular weight excluding hydrogens is 254 g/mol. The molecule has 0 saturated carbocycles. The summed E-state index contributed by atoms with van der Waals surface area (Å²) in [5, 5.41) is 3.45. The van der Waals surface area contributed by atoms with E-state index >= 15 is 0 Å². The normalized spacial score (nSPS) is 29.5. The maximum absolute atomic E-state index is 4.45. The number of aromatic nitrogens is 1. The minimum Gasteiger partial charge on any atom is -0.356 e. The molecule has 2 aliphatic rings. The van der Waals surface area contributed by atoms with Gasteiger partial charge < -0.3 is 10.2 Å². The minimum atomic E-state index is 0.829. The number of nitrogens with zero attached hydrogens (tertiary/aromatic N) is 2. The van der Waals surface area contributed by atoms with E-state index in [1.54, 1.807) is 0 Å². The van der Waals surface area contributed by atoms with E-state index < -0.39 is 0 Å². The molecular formula is C11H14BrN3. The van der Waals surface area contributed by atoms with E-state index in [4.69, 9.17) is 0 Å². The lowest BCUT2D eigenvalue weighted by molar-refractivity contribution is 0.533. The Kier molecular flexibility index (Phi) is 2.41. The van der Waals surface area contributed by atoms with Crippen LogP contribution in [0.25, 0.3) is 0 Å². The molecule has 2 unspecified atom stereocenters. The van der Waals surface area contributed by atoms with Crippen molar-refractivity contribution in [3.05, 3.63) is 22.8 Å². The highest BCUT2D eigenvalue weighted by Crippen LogP contribution is 2.29. The largest absolute Gasteiger partial charge is 0.356 e. The standard InChI is InChI=1S/C11H14BrN3/c12-10-1-2-11(14-5-10)15-6-8-3-13-4-9(8)7-15/h1-2,5,8-9,13H,3-4,6-7H2. The van der Waals surface area contributed by atoms with Crippen LogP contribution in [0.4, 0.5) is 5.82 Å². The van der Waals surface area contributed by atoms with E-state index in [-0.39, 0.29) is 0 Å². The van der Waals surface area contributed by atoms with Crippen LogP contribution in [-0.4, -0.2) is 31.2 Å². The summed E-state index contributed by atoms with van der Waals surface area (Å²) in [4.78, 5) is 6.85. The highest BCUT2D eigenvalue weighted by atomic mass is 79.9. The van der Waals surface area contributed by atoms with Gasteiger partial charge in [-0.3, -0.25) is 0 Å². The quantitative estimate of drug-likeness (QED) is 0.836. The summed E-state index contributed by atoms with van der Waals surface area (Å²) in [6, 6.07) is 4.16. The third-order valence-corrected chi connectivity index (χ3v) is 3.89. The highest BCUT2D eigenvalue weighted by Gasteiger charge is 2.36. The van der Waals surface area contributed by atoms with E-state index in [1.807, 2.05) is 6.20 Å². The van der Waals surface area contributed by atoms with E-state index in [1.165, 1.54) is 13.1 Å². The molecule has 2 saturated heterocycles. The first-order valence-electron chi connectivity index (χ1n) is 5.40. The second-order valence-electron chi connectivity index (χ2n) is 4.42. The molecule has 2 fully saturated rings. The van der Waals surface area contributed by atoms with Gasteiger partial charge in [0, 0.05) is 36.8 Å². The number of fused-ring (bicyclic) bond motifs is 1. The smallest absolute Gasteiger partial charge is 0.128 e. The molecule has 2 atom stereocenters. The third-order valence-electron chi connectivity index (χ3n) is 3.43. The van der Waals surface area contributed by atoms with E-state index in [2.05, 4.69) is 43.3 Å². The van der Waals surface area contributed by atoms with Crippen molar-refractivity contribution in [2.75, 3.05) is 31.1 Å². The van der Waals surface area contributed by atoms with Crippen LogP contribution in [0.15, 0.2) is 22.8 Å². The zero-order chi connectivity index (χ0) is 10.3. The minimum absolute atomic E-state index is 0.829. The predicted octanol–water partition coefficient (Wildman–Crippen LogP) is 1.50. The van der Waals surface area contributed by atoms with Gasteiger partial charge in [-0.15, -0.1) is 0 Å². The molecule has 3 nitrogen and oxygen atoms in total. The average molecular weight is 268 g/mol. The molecule has 0 amide bonds. The van der Waals surface area contributed by atoms with Crippen molar-refractivity contribution in [3.63, 3.8) is 0 Å². The molecule has 3 heterocycles. The fraction of sp³-hybridized carbons (Fsp3) is 0.545. The van der Waals surface area contributed by atoms with Crippen molar-refractivity contribution in [2.45, 2.75) is 0 Å². The maximum Gasteiger partial charge on any atom is 0.128 e. The number of hydrogen-bond donors (Lipinski definition) is 1. The van der Waals surface area contributed by atoms with Crippen LogP contribution in [0.2, 0.25) is 0 Å². The van der Waals surface area contributed by atoms with Crippen LogP contribution in [0.1, 0.15) is 0 Å². The van der Waals surface area contributed by atoms with Crippen molar-refractivity contribution >= 4 is 21.7 Å². The first-order chi connectivity index (χ1) is 7.33. The van der Waals surface area contributed by atoms with Crippen molar-refractivity contribution in [1.29, 1.82) is 0 Å². The van der Waals surface area contributed by atoms with E-state index in [0.29, 0.717) is 0 Å². The highest BCUT2D eigenvalue weighted by molar-refractivity contribution is 9.10. The summed E-state index contributed by atoms with van der Waals surface area (Å²) in [6.07, 6.45) is 1.88. The Morgan fingerprint density at radius 3 is 2.60 bits per heavy atom. The van der Waals surface area contributed by atoms with E-state index in [9.17, 15) is 0 Å². The van der Waals surface area contributed by atoms with Gasteiger partial charge >= 0.3 is 0 Å². The predicted molar refractivity (Wildman–Crippen MR) is 64.0 cm³/mol. The second kappa shape index (κ2) is 3.76. The number of rotatable bonds is 1. The third kappa shape index (κ3) is 1.76. The molecule has 1 aromatic heterocycles. The van der Waals surface area contributed by atoms with Gasteiger partial charge in [-0.05, 0) is 39.9 Å². The molecule has 3 rings (SSSR count). The SMILES string of the molecule is Brc1ccc(N2CC3CNCC3C2)nc1. The van der Waals surface area contributed by atoms with Crippen molar-refractivity contribution in [3.8, 4) is 0 Å². The molecule has 0 radical (unpaired) electrons. The van der Waals surface area contributed by atoms with Crippen LogP contribution in [0.3, 0.4) is 0 Å². The number of halogens is 1. The van der Waals surface area contributed by atoms with Crippen LogP contribution in [-0.2, 0) is 0 Å². The number of hydrogen-bond acceptors (Lipinski definition) is 3. The molecule has 1 aromatic rings. The summed E-state index contributed by atoms with van der Waals surface area (Å²) in [5.41, 5.74) is 0. The fourth-order valence-electron chi connectivity index (χ4n) is 2.60. The van der Waals surface area contributed by atoms with Gasteiger partial charge in [-0.1, -0.05) is 0 Å². The van der Waals surface area contributed by atoms with Crippen molar-refractivity contribution in [2.24, 2.45) is 11.8 Å². The Morgan fingerprint density at radius 2 is 2.00 bits per heavy atom. The maximum atomic E-state index is 4.45. The van der Waals surface area contributed by atoms with Crippen LogP contribution >= 0.6 is 15.9 Å². The first kappa shape index (κ1) is 9.60. The molecule has 1 N–H and O–H groups in total. The summed E-state index contributed by atoms with van der Waals surface area (Å²) in [6.45, 7) is 4.67. The van der Waals surface area contributed by atoms with Gasteiger partial charge in [-0.2, -0.15) is 0 Å². The zero-order valence-corrected chi connectivity index (χ0v) is 10.1. The Bertz CT molecular complexity index is 339. The summed E-state index contributed by atoms with van der Waals surface area (Å²) in [5.74, 6) is 2.78. The van der Waals surface area contributed by atoms with Crippen LogP contribution in [0, 0.1) is 11.8 Å². The lowest BCUT2D eigenvalue weighted by Crippen LogP contribution is -2.26. The van der Waals surface area contributed by atoms with E-state index in [0.717, 1.165) is 35.2 Å². The number of nitrogens with one attached hydrogen (secondary N) is 1. The average Bonchev–Trinajstić information content (AvgIpc) is 2.78. The molecule has 0 aliphatic carbocycles. The monoisotopic (exact) mass is 267 g/mol. The Labute approximate surface area is 98.0 Å². The lowest BCUT2D eigenvalue weighted by atomic mass is 10.0. The van der Waals surface area contributed by atoms with Crippen molar-refractivity contribution in [1.82, 2.24) is 10.3 Å². The first-order valence-corrected chi connectivity index (χ1v) is 6.19. The van der Waals surface area contributed by atoms with Gasteiger partial charge in [0.15, 0.2) is 0 Å². The molecule has 0 spiro atoms. The van der Waals surface area contributed by atoms with Crippen LogP contribution < -0.4 is 10.2 Å².